The second kappa shape index (κ2) is 7.95. The standard InChI is InChI=1S/C23H27FN4O2/c24-19-6-8-26(15-19)13-17-4-5-21-18-9-16(12-28(21)23(17)30)11-27(14-18)22(29)10-20-3-1-2-7-25-20/h1-5,7,16,18-19H,6,8-15H2/t16-,18+,19-/m0/s1. The van der Waals surface area contributed by atoms with E-state index in [1.165, 1.54) is 0 Å². The molecular weight excluding hydrogens is 383 g/mol. The summed E-state index contributed by atoms with van der Waals surface area (Å²) in [7, 11) is 0. The Morgan fingerprint density at radius 3 is 2.80 bits per heavy atom. The molecule has 0 unspecified atom stereocenters. The van der Waals surface area contributed by atoms with Gasteiger partial charge in [-0.2, -0.15) is 0 Å². The number of aromatic nitrogens is 2. The molecule has 0 spiro atoms. The Balaban J connectivity index is 1.32. The van der Waals surface area contributed by atoms with Crippen LogP contribution < -0.4 is 5.56 Å². The van der Waals surface area contributed by atoms with Gasteiger partial charge in [-0.3, -0.25) is 19.5 Å². The first-order valence-electron chi connectivity index (χ1n) is 10.8. The van der Waals surface area contributed by atoms with E-state index in [-0.39, 0.29) is 17.4 Å². The van der Waals surface area contributed by atoms with Crippen molar-refractivity contribution in [2.45, 2.75) is 44.4 Å². The largest absolute Gasteiger partial charge is 0.341 e. The van der Waals surface area contributed by atoms with E-state index in [0.717, 1.165) is 23.4 Å². The Labute approximate surface area is 175 Å². The lowest BCUT2D eigenvalue weighted by Gasteiger charge is -2.43. The maximum atomic E-state index is 13.5. The van der Waals surface area contributed by atoms with Gasteiger partial charge in [-0.25, -0.2) is 4.39 Å². The molecule has 0 aliphatic carbocycles. The van der Waals surface area contributed by atoms with E-state index in [1.807, 2.05) is 44.7 Å². The molecule has 0 N–H and O–H groups in total. The van der Waals surface area contributed by atoms with E-state index >= 15 is 0 Å². The van der Waals surface area contributed by atoms with E-state index < -0.39 is 6.17 Å². The number of piperidine rings is 1. The summed E-state index contributed by atoms with van der Waals surface area (Å²) in [6.07, 6.45) is 2.82. The van der Waals surface area contributed by atoms with Gasteiger partial charge in [0, 0.05) is 68.3 Å². The normalized spacial score (nSPS) is 25.9. The summed E-state index contributed by atoms with van der Waals surface area (Å²) in [6.45, 7) is 3.63. The van der Waals surface area contributed by atoms with Gasteiger partial charge in [-0.05, 0) is 37.0 Å². The van der Waals surface area contributed by atoms with Crippen molar-refractivity contribution in [1.29, 1.82) is 0 Å². The molecule has 2 bridgehead atoms. The zero-order valence-corrected chi connectivity index (χ0v) is 17.0. The highest BCUT2D eigenvalue weighted by Crippen LogP contribution is 2.35. The Hall–Kier alpha value is -2.54. The minimum atomic E-state index is -0.778. The fourth-order valence-corrected chi connectivity index (χ4v) is 5.25. The predicted octanol–water partition coefficient (Wildman–Crippen LogP) is 1.98. The number of hydrogen-bond donors (Lipinski definition) is 0. The van der Waals surface area contributed by atoms with Crippen molar-refractivity contribution in [2.75, 3.05) is 26.2 Å². The molecule has 3 aliphatic heterocycles. The summed E-state index contributed by atoms with van der Waals surface area (Å²) in [6, 6.07) is 9.59. The first kappa shape index (κ1) is 19.4. The zero-order valence-electron chi connectivity index (χ0n) is 17.0. The van der Waals surface area contributed by atoms with Crippen molar-refractivity contribution in [3.05, 3.63) is 63.8 Å². The number of hydrogen-bond acceptors (Lipinski definition) is 4. The molecule has 2 aromatic rings. The molecule has 0 aromatic carbocycles. The molecular formula is C23H27FN4O2. The topological polar surface area (TPSA) is 58.4 Å². The molecule has 0 radical (unpaired) electrons. The van der Waals surface area contributed by atoms with Gasteiger partial charge in [0.05, 0.1) is 6.42 Å². The first-order chi connectivity index (χ1) is 14.6. The molecule has 3 aliphatic rings. The molecule has 7 heteroatoms. The fraction of sp³-hybridized carbons (Fsp3) is 0.522. The van der Waals surface area contributed by atoms with Crippen molar-refractivity contribution in [3.8, 4) is 0 Å². The Morgan fingerprint density at radius 2 is 2.03 bits per heavy atom. The van der Waals surface area contributed by atoms with E-state index in [0.29, 0.717) is 58.0 Å². The van der Waals surface area contributed by atoms with Crippen LogP contribution in [0.3, 0.4) is 0 Å². The van der Waals surface area contributed by atoms with E-state index in [2.05, 4.69) is 4.98 Å². The highest BCUT2D eigenvalue weighted by Gasteiger charge is 2.36. The van der Waals surface area contributed by atoms with Gasteiger partial charge in [0.1, 0.15) is 6.17 Å². The summed E-state index contributed by atoms with van der Waals surface area (Å²) in [4.78, 5) is 34.2. The number of amides is 1. The Bertz CT molecular complexity index is 992. The Kier molecular flexibility index (Phi) is 5.15. The SMILES string of the molecule is O=C(Cc1ccccn1)N1C[C@@H]2C[C@H](C1)c1ccc(CN3CC[C@H](F)C3)c(=O)n1C2. The summed E-state index contributed by atoms with van der Waals surface area (Å²) in [5.74, 6) is 0.582. The van der Waals surface area contributed by atoms with Crippen LogP contribution in [0.25, 0.3) is 0 Å². The summed E-state index contributed by atoms with van der Waals surface area (Å²) < 4.78 is 15.4. The van der Waals surface area contributed by atoms with Crippen LogP contribution >= 0.6 is 0 Å². The molecule has 2 saturated heterocycles. The molecule has 1 amide bonds. The van der Waals surface area contributed by atoms with Gasteiger partial charge in [0.2, 0.25) is 5.91 Å². The fourth-order valence-electron chi connectivity index (χ4n) is 5.25. The number of likely N-dealkylation sites (tertiary alicyclic amines) is 2. The molecule has 5 rings (SSSR count). The van der Waals surface area contributed by atoms with E-state index in [4.69, 9.17) is 0 Å². The third-order valence-corrected chi connectivity index (χ3v) is 6.70. The summed E-state index contributed by atoms with van der Waals surface area (Å²) in [5, 5.41) is 0. The van der Waals surface area contributed by atoms with Crippen LogP contribution in [0.1, 0.15) is 35.7 Å². The average Bonchev–Trinajstić information content (AvgIpc) is 3.16. The molecule has 2 fully saturated rings. The molecule has 158 valence electrons. The van der Waals surface area contributed by atoms with Gasteiger partial charge >= 0.3 is 0 Å². The average molecular weight is 410 g/mol. The Morgan fingerprint density at radius 1 is 1.13 bits per heavy atom. The van der Waals surface area contributed by atoms with Gasteiger partial charge < -0.3 is 9.47 Å². The van der Waals surface area contributed by atoms with Crippen LogP contribution in [0, 0.1) is 5.92 Å². The maximum absolute atomic E-state index is 13.5. The van der Waals surface area contributed by atoms with Crippen LogP contribution in [-0.2, 0) is 24.3 Å². The van der Waals surface area contributed by atoms with Crippen LogP contribution in [-0.4, -0.2) is 57.6 Å². The van der Waals surface area contributed by atoms with Crippen molar-refractivity contribution >= 4 is 5.91 Å². The van der Waals surface area contributed by atoms with Crippen molar-refractivity contribution in [3.63, 3.8) is 0 Å². The van der Waals surface area contributed by atoms with Gasteiger partial charge in [0.15, 0.2) is 0 Å². The smallest absolute Gasteiger partial charge is 0.255 e. The number of pyridine rings is 2. The van der Waals surface area contributed by atoms with Crippen molar-refractivity contribution < 1.29 is 9.18 Å². The van der Waals surface area contributed by atoms with E-state index in [9.17, 15) is 14.0 Å². The highest BCUT2D eigenvalue weighted by atomic mass is 19.1. The van der Waals surface area contributed by atoms with Crippen LogP contribution in [0.4, 0.5) is 4.39 Å². The lowest BCUT2D eigenvalue weighted by atomic mass is 9.82. The molecule has 6 nitrogen and oxygen atoms in total. The zero-order chi connectivity index (χ0) is 20.7. The van der Waals surface area contributed by atoms with Crippen LogP contribution in [0.5, 0.6) is 0 Å². The molecule has 30 heavy (non-hydrogen) atoms. The number of carbonyl (C=O) groups excluding carboxylic acids is 1. The quantitative estimate of drug-likeness (QED) is 0.774. The van der Waals surface area contributed by atoms with Gasteiger partial charge in [-0.15, -0.1) is 0 Å². The number of carbonyl (C=O) groups is 1. The number of fused-ring (bicyclic) bond motifs is 4. The lowest BCUT2D eigenvalue weighted by molar-refractivity contribution is -0.133. The summed E-state index contributed by atoms with van der Waals surface area (Å²) >= 11 is 0. The lowest BCUT2D eigenvalue weighted by Crippen LogP contribution is -2.50. The number of halogens is 1. The van der Waals surface area contributed by atoms with Crippen molar-refractivity contribution in [2.24, 2.45) is 5.92 Å². The monoisotopic (exact) mass is 410 g/mol. The molecule has 0 saturated carbocycles. The second-order valence-corrected chi connectivity index (χ2v) is 8.92. The summed E-state index contributed by atoms with van der Waals surface area (Å²) in [5.41, 5.74) is 2.62. The second-order valence-electron chi connectivity index (χ2n) is 8.92. The minimum absolute atomic E-state index is 0.0535. The number of alkyl halides is 1. The molecule has 3 atom stereocenters. The van der Waals surface area contributed by atoms with Crippen LogP contribution in [0.15, 0.2) is 41.3 Å². The number of nitrogens with zero attached hydrogens (tertiary/aromatic N) is 4. The predicted molar refractivity (Wildman–Crippen MR) is 111 cm³/mol. The van der Waals surface area contributed by atoms with E-state index in [1.54, 1.807) is 6.20 Å². The van der Waals surface area contributed by atoms with Crippen molar-refractivity contribution in [1.82, 2.24) is 19.4 Å². The van der Waals surface area contributed by atoms with Crippen LogP contribution in [0.2, 0.25) is 0 Å². The maximum Gasteiger partial charge on any atom is 0.255 e. The minimum Gasteiger partial charge on any atom is -0.341 e. The molecule has 2 aromatic heterocycles. The number of rotatable bonds is 4. The first-order valence-corrected chi connectivity index (χ1v) is 10.8. The third kappa shape index (κ3) is 3.78. The highest BCUT2D eigenvalue weighted by molar-refractivity contribution is 5.78. The van der Waals surface area contributed by atoms with Gasteiger partial charge in [0.25, 0.3) is 5.56 Å². The molecule has 5 heterocycles. The van der Waals surface area contributed by atoms with Gasteiger partial charge in [-0.1, -0.05) is 12.1 Å². The third-order valence-electron chi connectivity index (χ3n) is 6.70.